The van der Waals surface area contributed by atoms with Crippen LogP contribution in [0.25, 0.3) is 0 Å². The lowest BCUT2D eigenvalue weighted by molar-refractivity contribution is 0.0695. The van der Waals surface area contributed by atoms with Crippen molar-refractivity contribution in [3.8, 4) is 0 Å². The summed E-state index contributed by atoms with van der Waals surface area (Å²) < 4.78 is 0. The van der Waals surface area contributed by atoms with Crippen molar-refractivity contribution in [3.05, 3.63) is 41.9 Å². The molecule has 2 heterocycles. The zero-order chi connectivity index (χ0) is 12.3. The topological polar surface area (TPSA) is 76.0 Å². The van der Waals surface area contributed by atoms with E-state index in [9.17, 15) is 4.79 Å². The minimum Gasteiger partial charge on any atom is -0.478 e. The van der Waals surface area contributed by atoms with E-state index >= 15 is 0 Å². The first-order valence-electron chi connectivity index (χ1n) is 4.82. The highest BCUT2D eigenvalue weighted by Crippen LogP contribution is 2.22. The number of hydrogen-bond donors (Lipinski definition) is 1. The zero-order valence-electron chi connectivity index (χ0n) is 8.99. The standard InChI is InChI=1S/C11H9N3O2S/c1-7-8(10(15)16)3-4-9(14-7)17-11-12-5-2-6-13-11/h2-6H,1H3,(H,15,16). The van der Waals surface area contributed by atoms with Crippen LogP contribution in [0, 0.1) is 6.92 Å². The fourth-order valence-corrected chi connectivity index (χ4v) is 1.99. The molecule has 0 aromatic carbocycles. The van der Waals surface area contributed by atoms with Crippen molar-refractivity contribution in [3.63, 3.8) is 0 Å². The molecule has 0 unspecified atom stereocenters. The second kappa shape index (κ2) is 4.92. The van der Waals surface area contributed by atoms with Crippen LogP contribution in [0.5, 0.6) is 0 Å². The van der Waals surface area contributed by atoms with Gasteiger partial charge in [0.15, 0.2) is 5.16 Å². The van der Waals surface area contributed by atoms with Crippen LogP contribution in [-0.2, 0) is 0 Å². The van der Waals surface area contributed by atoms with Gasteiger partial charge >= 0.3 is 5.97 Å². The molecule has 0 atom stereocenters. The van der Waals surface area contributed by atoms with Crippen LogP contribution in [0.4, 0.5) is 0 Å². The van der Waals surface area contributed by atoms with Crippen molar-refractivity contribution >= 4 is 17.7 Å². The summed E-state index contributed by atoms with van der Waals surface area (Å²) in [6.07, 6.45) is 3.29. The Hall–Kier alpha value is -1.95. The molecule has 0 saturated heterocycles. The third-order valence-corrected chi connectivity index (χ3v) is 2.86. The molecule has 86 valence electrons. The number of hydrogen-bond acceptors (Lipinski definition) is 5. The molecule has 2 rings (SSSR count). The molecular formula is C11H9N3O2S. The molecule has 5 nitrogen and oxygen atoms in total. The van der Waals surface area contributed by atoms with Crippen LogP contribution in [0.15, 0.2) is 40.8 Å². The van der Waals surface area contributed by atoms with Gasteiger partial charge in [-0.05, 0) is 36.9 Å². The summed E-state index contributed by atoms with van der Waals surface area (Å²) in [6.45, 7) is 1.67. The number of pyridine rings is 1. The number of carboxylic acids is 1. The maximum Gasteiger partial charge on any atom is 0.337 e. The fourth-order valence-electron chi connectivity index (χ4n) is 1.25. The summed E-state index contributed by atoms with van der Waals surface area (Å²) >= 11 is 1.30. The first-order chi connectivity index (χ1) is 8.16. The molecule has 0 radical (unpaired) electrons. The third-order valence-electron chi connectivity index (χ3n) is 2.03. The summed E-state index contributed by atoms with van der Waals surface area (Å²) in [5.41, 5.74) is 0.696. The molecule has 6 heteroatoms. The van der Waals surface area contributed by atoms with E-state index in [-0.39, 0.29) is 5.56 Å². The Morgan fingerprint density at radius 3 is 2.59 bits per heavy atom. The van der Waals surface area contributed by atoms with Crippen molar-refractivity contribution in [1.82, 2.24) is 15.0 Å². The second-order valence-corrected chi connectivity index (χ2v) is 4.21. The van der Waals surface area contributed by atoms with Gasteiger partial charge < -0.3 is 5.11 Å². The van der Waals surface area contributed by atoms with Gasteiger partial charge in [-0.2, -0.15) is 0 Å². The van der Waals surface area contributed by atoms with Gasteiger partial charge in [0.25, 0.3) is 0 Å². The Balaban J connectivity index is 2.24. The van der Waals surface area contributed by atoms with Crippen LogP contribution in [0.2, 0.25) is 0 Å². The van der Waals surface area contributed by atoms with Crippen molar-refractivity contribution in [1.29, 1.82) is 0 Å². The molecule has 0 aliphatic carbocycles. The van der Waals surface area contributed by atoms with Crippen molar-refractivity contribution < 1.29 is 9.90 Å². The normalized spacial score (nSPS) is 10.2. The van der Waals surface area contributed by atoms with Crippen molar-refractivity contribution in [2.24, 2.45) is 0 Å². The molecule has 0 fully saturated rings. The number of aromatic nitrogens is 3. The average Bonchev–Trinajstić information content (AvgIpc) is 2.30. The third kappa shape index (κ3) is 2.79. The molecular weight excluding hydrogens is 238 g/mol. The number of aryl methyl sites for hydroxylation is 1. The van der Waals surface area contributed by atoms with Gasteiger partial charge in [-0.25, -0.2) is 19.7 Å². The summed E-state index contributed by atoms with van der Waals surface area (Å²) in [7, 11) is 0. The molecule has 17 heavy (non-hydrogen) atoms. The maximum absolute atomic E-state index is 10.8. The Morgan fingerprint density at radius 2 is 2.00 bits per heavy atom. The van der Waals surface area contributed by atoms with Gasteiger partial charge in [0.1, 0.15) is 5.03 Å². The highest BCUT2D eigenvalue weighted by molar-refractivity contribution is 7.99. The van der Waals surface area contributed by atoms with Crippen molar-refractivity contribution in [2.75, 3.05) is 0 Å². The molecule has 0 spiro atoms. The lowest BCUT2D eigenvalue weighted by Crippen LogP contribution is -2.01. The molecule has 1 N–H and O–H groups in total. The fraction of sp³-hybridized carbons (Fsp3) is 0.0909. The van der Waals surface area contributed by atoms with Crippen LogP contribution >= 0.6 is 11.8 Å². The Labute approximate surface area is 102 Å². The molecule has 0 saturated carbocycles. The van der Waals surface area contributed by atoms with E-state index in [2.05, 4.69) is 15.0 Å². The van der Waals surface area contributed by atoms with Crippen LogP contribution in [-0.4, -0.2) is 26.0 Å². The van der Waals surface area contributed by atoms with E-state index in [0.717, 1.165) is 0 Å². The maximum atomic E-state index is 10.8. The zero-order valence-corrected chi connectivity index (χ0v) is 9.81. The minimum atomic E-state index is -0.970. The van der Waals surface area contributed by atoms with Gasteiger partial charge in [0.05, 0.1) is 11.3 Å². The average molecular weight is 247 g/mol. The first kappa shape index (κ1) is 11.5. The van der Waals surface area contributed by atoms with E-state index in [0.29, 0.717) is 15.9 Å². The van der Waals surface area contributed by atoms with E-state index in [1.807, 2.05) is 0 Å². The first-order valence-corrected chi connectivity index (χ1v) is 5.64. The summed E-state index contributed by atoms with van der Waals surface area (Å²) in [5.74, 6) is -0.970. The summed E-state index contributed by atoms with van der Waals surface area (Å²) in [6, 6.07) is 4.92. The summed E-state index contributed by atoms with van der Waals surface area (Å²) in [5, 5.41) is 10.1. The smallest absolute Gasteiger partial charge is 0.337 e. The number of carboxylic acid groups (broad SMARTS) is 1. The van der Waals surface area contributed by atoms with Gasteiger partial charge in [0, 0.05) is 12.4 Å². The number of carbonyl (C=O) groups is 1. The molecule has 2 aromatic heterocycles. The lowest BCUT2D eigenvalue weighted by atomic mass is 10.2. The van der Waals surface area contributed by atoms with Crippen molar-refractivity contribution in [2.45, 2.75) is 17.1 Å². The van der Waals surface area contributed by atoms with E-state index < -0.39 is 5.97 Å². The quantitative estimate of drug-likeness (QED) is 0.836. The van der Waals surface area contributed by atoms with E-state index in [4.69, 9.17) is 5.11 Å². The van der Waals surface area contributed by atoms with Crippen LogP contribution in [0.1, 0.15) is 16.1 Å². The lowest BCUT2D eigenvalue weighted by Gasteiger charge is -2.03. The SMILES string of the molecule is Cc1nc(Sc2ncccn2)ccc1C(=O)O. The second-order valence-electron chi connectivity index (χ2n) is 3.22. The molecule has 0 amide bonds. The van der Waals surface area contributed by atoms with Gasteiger partial charge in [0.2, 0.25) is 0 Å². The van der Waals surface area contributed by atoms with E-state index in [1.165, 1.54) is 17.8 Å². The van der Waals surface area contributed by atoms with E-state index in [1.54, 1.807) is 31.5 Å². The molecule has 2 aromatic rings. The van der Waals surface area contributed by atoms with Crippen LogP contribution < -0.4 is 0 Å². The number of nitrogens with zero attached hydrogens (tertiary/aromatic N) is 3. The van der Waals surface area contributed by atoms with Crippen LogP contribution in [0.3, 0.4) is 0 Å². The molecule has 0 aliphatic rings. The molecule has 0 bridgehead atoms. The highest BCUT2D eigenvalue weighted by Gasteiger charge is 2.09. The Morgan fingerprint density at radius 1 is 1.29 bits per heavy atom. The summed E-state index contributed by atoms with van der Waals surface area (Å²) in [4.78, 5) is 23.1. The van der Waals surface area contributed by atoms with Gasteiger partial charge in [-0.15, -0.1) is 0 Å². The predicted molar refractivity (Wildman–Crippen MR) is 62.1 cm³/mol. The molecule has 0 aliphatic heterocycles. The Kier molecular flexibility index (Phi) is 3.34. The predicted octanol–water partition coefficient (Wildman–Crippen LogP) is 2.03. The number of rotatable bonds is 3. The number of aromatic carboxylic acids is 1. The highest BCUT2D eigenvalue weighted by atomic mass is 32.2. The largest absolute Gasteiger partial charge is 0.478 e. The minimum absolute atomic E-state index is 0.211. The Bertz CT molecular complexity index is 546. The van der Waals surface area contributed by atoms with Gasteiger partial charge in [-0.3, -0.25) is 0 Å². The monoisotopic (exact) mass is 247 g/mol. The van der Waals surface area contributed by atoms with Gasteiger partial charge in [-0.1, -0.05) is 0 Å².